The van der Waals surface area contributed by atoms with Crippen LogP contribution in [0.3, 0.4) is 0 Å². The maximum Gasteiger partial charge on any atom is 0.257 e. The van der Waals surface area contributed by atoms with E-state index in [1.165, 1.54) is 6.26 Å². The first-order valence-electron chi connectivity index (χ1n) is 10.3. The summed E-state index contributed by atoms with van der Waals surface area (Å²) < 4.78 is 10.9. The Hall–Kier alpha value is -3.40. The van der Waals surface area contributed by atoms with Crippen molar-refractivity contribution in [1.29, 1.82) is 0 Å². The molecule has 0 saturated carbocycles. The largest absolute Gasteiger partial charge is 0.493 e. The van der Waals surface area contributed by atoms with Crippen LogP contribution in [-0.4, -0.2) is 40.9 Å². The Kier molecular flexibility index (Phi) is 7.82. The van der Waals surface area contributed by atoms with Gasteiger partial charge in [-0.1, -0.05) is 19.9 Å². The van der Waals surface area contributed by atoms with Crippen LogP contribution in [0.5, 0.6) is 5.75 Å². The van der Waals surface area contributed by atoms with E-state index in [0.29, 0.717) is 36.1 Å². The zero-order valence-electron chi connectivity index (χ0n) is 17.9. The molecule has 1 unspecified atom stereocenters. The summed E-state index contributed by atoms with van der Waals surface area (Å²) in [6.07, 6.45) is 1.63. The molecule has 1 atom stereocenters. The summed E-state index contributed by atoms with van der Waals surface area (Å²) in [5, 5.41) is 2.44. The van der Waals surface area contributed by atoms with E-state index in [0.717, 1.165) is 0 Å². The second kappa shape index (κ2) is 10.8. The van der Waals surface area contributed by atoms with Crippen molar-refractivity contribution in [2.75, 3.05) is 13.2 Å². The molecule has 1 aliphatic heterocycles. The third kappa shape index (κ3) is 6.55. The van der Waals surface area contributed by atoms with Crippen LogP contribution in [0.25, 0.3) is 0 Å². The van der Waals surface area contributed by atoms with Crippen LogP contribution in [0.15, 0.2) is 47.1 Å². The van der Waals surface area contributed by atoms with E-state index < -0.39 is 11.8 Å². The summed E-state index contributed by atoms with van der Waals surface area (Å²) in [4.78, 5) is 38.5. The van der Waals surface area contributed by atoms with Crippen LogP contribution in [0, 0.1) is 11.8 Å². The lowest BCUT2D eigenvalue weighted by Gasteiger charge is -2.16. The van der Waals surface area contributed by atoms with Gasteiger partial charge in [-0.15, -0.1) is 0 Å². The molecule has 1 saturated heterocycles. The SMILES string of the molecule is CC(C)COc1cccc(C(=O)NC(=S)NNC(=O)C2CC(=O)N(Cc3ccco3)C2)c1. The van der Waals surface area contributed by atoms with E-state index in [1.54, 1.807) is 41.3 Å². The fraction of sp³-hybridized carbons (Fsp3) is 0.364. The molecule has 0 spiro atoms. The molecule has 1 aliphatic rings. The molecule has 9 nitrogen and oxygen atoms in total. The number of carbonyl (C=O) groups excluding carboxylic acids is 3. The Bertz CT molecular complexity index is 976. The number of hydrogen-bond acceptors (Lipinski definition) is 6. The van der Waals surface area contributed by atoms with Crippen LogP contribution in [-0.2, 0) is 16.1 Å². The van der Waals surface area contributed by atoms with Gasteiger partial charge in [0.1, 0.15) is 11.5 Å². The van der Waals surface area contributed by atoms with Crippen molar-refractivity contribution in [1.82, 2.24) is 21.1 Å². The van der Waals surface area contributed by atoms with Gasteiger partial charge < -0.3 is 14.1 Å². The molecule has 1 aromatic carbocycles. The molecule has 32 heavy (non-hydrogen) atoms. The molecule has 3 N–H and O–H groups in total. The number of rotatable bonds is 7. The molecule has 2 heterocycles. The molecule has 1 aromatic heterocycles. The second-order valence-corrected chi connectivity index (χ2v) is 8.29. The van der Waals surface area contributed by atoms with E-state index in [-0.39, 0.29) is 29.9 Å². The monoisotopic (exact) mass is 458 g/mol. The molecule has 0 aliphatic carbocycles. The zero-order valence-corrected chi connectivity index (χ0v) is 18.7. The molecular weight excluding hydrogens is 432 g/mol. The lowest BCUT2D eigenvalue weighted by molar-refractivity contribution is -0.129. The van der Waals surface area contributed by atoms with Crippen molar-refractivity contribution in [3.63, 3.8) is 0 Å². The van der Waals surface area contributed by atoms with Crippen molar-refractivity contribution < 1.29 is 23.5 Å². The minimum atomic E-state index is -0.529. The van der Waals surface area contributed by atoms with Crippen molar-refractivity contribution in [2.24, 2.45) is 11.8 Å². The lowest BCUT2D eigenvalue weighted by atomic mass is 10.1. The van der Waals surface area contributed by atoms with Gasteiger partial charge >= 0.3 is 0 Å². The van der Waals surface area contributed by atoms with Crippen LogP contribution in [0.1, 0.15) is 36.4 Å². The van der Waals surface area contributed by atoms with E-state index >= 15 is 0 Å². The second-order valence-electron chi connectivity index (χ2n) is 7.88. The van der Waals surface area contributed by atoms with Gasteiger partial charge in [0.25, 0.3) is 5.91 Å². The lowest BCUT2D eigenvalue weighted by Crippen LogP contribution is -2.50. The van der Waals surface area contributed by atoms with Gasteiger partial charge in [0.05, 0.1) is 25.3 Å². The Balaban J connectivity index is 1.44. The summed E-state index contributed by atoms with van der Waals surface area (Å²) in [6.45, 7) is 5.20. The van der Waals surface area contributed by atoms with E-state index in [9.17, 15) is 14.4 Å². The first-order valence-corrected chi connectivity index (χ1v) is 10.7. The molecule has 3 amide bonds. The number of carbonyl (C=O) groups is 3. The Morgan fingerprint density at radius 2 is 2.06 bits per heavy atom. The van der Waals surface area contributed by atoms with Gasteiger partial charge in [-0.25, -0.2) is 0 Å². The van der Waals surface area contributed by atoms with Crippen molar-refractivity contribution in [3.8, 4) is 5.75 Å². The van der Waals surface area contributed by atoms with Crippen LogP contribution >= 0.6 is 12.2 Å². The highest BCUT2D eigenvalue weighted by Gasteiger charge is 2.34. The summed E-state index contributed by atoms with van der Waals surface area (Å²) in [5.74, 6) is 0.118. The number of amides is 3. The Labute approximate surface area is 191 Å². The fourth-order valence-electron chi connectivity index (χ4n) is 3.11. The predicted octanol–water partition coefficient (Wildman–Crippen LogP) is 2.00. The number of hydrogen-bond donors (Lipinski definition) is 3. The van der Waals surface area contributed by atoms with Crippen molar-refractivity contribution in [3.05, 3.63) is 54.0 Å². The van der Waals surface area contributed by atoms with Gasteiger partial charge in [0.15, 0.2) is 5.11 Å². The maximum atomic E-state index is 12.4. The van der Waals surface area contributed by atoms with Gasteiger partial charge in [-0.05, 0) is 48.5 Å². The number of furan rings is 1. The average molecular weight is 459 g/mol. The maximum absolute atomic E-state index is 12.4. The highest BCUT2D eigenvalue weighted by atomic mass is 32.1. The summed E-state index contributed by atoms with van der Waals surface area (Å²) in [5.41, 5.74) is 5.34. The van der Waals surface area contributed by atoms with Crippen LogP contribution < -0.4 is 20.9 Å². The van der Waals surface area contributed by atoms with Gasteiger partial charge in [-0.2, -0.15) is 0 Å². The van der Waals surface area contributed by atoms with Gasteiger partial charge in [0.2, 0.25) is 11.8 Å². The highest BCUT2D eigenvalue weighted by Crippen LogP contribution is 2.20. The average Bonchev–Trinajstić information content (AvgIpc) is 3.41. The standard InChI is InChI=1S/C22H26N4O5S/c1-14(2)13-31-17-6-3-5-15(9-17)20(28)23-22(32)25-24-21(29)16-10-19(27)26(11-16)12-18-7-4-8-30-18/h3-9,14,16H,10-13H2,1-2H3,(H,24,29)(H2,23,25,28,32). The number of thiocarbonyl (C=S) groups is 1. The smallest absolute Gasteiger partial charge is 0.257 e. The Morgan fingerprint density at radius 1 is 1.25 bits per heavy atom. The normalized spacial score (nSPS) is 15.5. The summed E-state index contributed by atoms with van der Waals surface area (Å²) in [7, 11) is 0. The molecule has 0 radical (unpaired) electrons. The first kappa shape index (κ1) is 23.3. The molecular formula is C22H26N4O5S. The number of benzene rings is 1. The quantitative estimate of drug-likeness (QED) is 0.430. The number of hydrazine groups is 1. The van der Waals surface area contributed by atoms with Crippen molar-refractivity contribution in [2.45, 2.75) is 26.8 Å². The van der Waals surface area contributed by atoms with Crippen LogP contribution in [0.4, 0.5) is 0 Å². The number of likely N-dealkylation sites (tertiary alicyclic amines) is 1. The molecule has 2 aromatic rings. The van der Waals surface area contributed by atoms with Gasteiger partial charge in [0, 0.05) is 18.5 Å². The van der Waals surface area contributed by atoms with E-state index in [4.69, 9.17) is 21.4 Å². The molecule has 1 fully saturated rings. The van der Waals surface area contributed by atoms with E-state index in [2.05, 4.69) is 16.2 Å². The zero-order chi connectivity index (χ0) is 23.1. The van der Waals surface area contributed by atoms with E-state index in [1.807, 2.05) is 13.8 Å². The molecule has 170 valence electrons. The summed E-state index contributed by atoms with van der Waals surface area (Å²) >= 11 is 5.09. The van der Waals surface area contributed by atoms with Gasteiger partial charge in [-0.3, -0.25) is 30.6 Å². The third-order valence-corrected chi connectivity index (χ3v) is 4.92. The first-order chi connectivity index (χ1) is 15.3. The topological polar surface area (TPSA) is 113 Å². The summed E-state index contributed by atoms with van der Waals surface area (Å²) in [6, 6.07) is 10.3. The van der Waals surface area contributed by atoms with Crippen molar-refractivity contribution >= 4 is 35.1 Å². The number of ether oxygens (including phenoxy) is 1. The number of nitrogens with one attached hydrogen (secondary N) is 3. The Morgan fingerprint density at radius 3 is 2.78 bits per heavy atom. The third-order valence-electron chi connectivity index (χ3n) is 4.72. The highest BCUT2D eigenvalue weighted by molar-refractivity contribution is 7.80. The molecule has 10 heteroatoms. The minimum Gasteiger partial charge on any atom is -0.493 e. The molecule has 3 rings (SSSR count). The fourth-order valence-corrected chi connectivity index (χ4v) is 3.25. The predicted molar refractivity (Wildman–Crippen MR) is 120 cm³/mol. The number of nitrogens with zero attached hydrogens (tertiary/aromatic N) is 1. The molecule has 0 bridgehead atoms. The minimum absolute atomic E-state index is 0.0615. The van der Waals surface area contributed by atoms with Crippen LogP contribution in [0.2, 0.25) is 0 Å².